The summed E-state index contributed by atoms with van der Waals surface area (Å²) in [6, 6.07) is 0. The van der Waals surface area contributed by atoms with Gasteiger partial charge in [0.05, 0.1) is 5.83 Å². The Morgan fingerprint density at radius 1 is 1.44 bits per heavy atom. The number of hydrogen-bond donors (Lipinski definition) is 0. The average molecular weight is 130 g/mol. The second-order valence-electron chi connectivity index (χ2n) is 2.29. The largest absolute Gasteiger partial charge is 0.212 e. The van der Waals surface area contributed by atoms with Gasteiger partial charge in [0.15, 0.2) is 0 Å². The van der Waals surface area contributed by atoms with Gasteiger partial charge in [-0.05, 0) is 19.8 Å². The topological polar surface area (TPSA) is 0 Å². The minimum absolute atomic E-state index is 0.0499. The van der Waals surface area contributed by atoms with Gasteiger partial charge in [0.2, 0.25) is 0 Å². The van der Waals surface area contributed by atoms with Crippen LogP contribution in [0.4, 0.5) is 4.39 Å². The van der Waals surface area contributed by atoms with Crippen LogP contribution in [0.25, 0.3) is 0 Å². The summed E-state index contributed by atoms with van der Waals surface area (Å²) in [5, 5.41) is 0. The van der Waals surface area contributed by atoms with Crippen molar-refractivity contribution in [3.63, 3.8) is 0 Å². The molecule has 0 N–H and O–H groups in total. The summed E-state index contributed by atoms with van der Waals surface area (Å²) in [6.45, 7) is 3.64. The Labute approximate surface area is 56.8 Å². The number of allylic oxidation sites excluding steroid dienone is 2. The van der Waals surface area contributed by atoms with E-state index >= 15 is 0 Å². The highest BCUT2D eigenvalue weighted by atomic mass is 19.1. The molecule has 0 atom stereocenters. The van der Waals surface area contributed by atoms with E-state index < -0.39 is 0 Å². The minimum Gasteiger partial charge on any atom is -0.212 e. The van der Waals surface area contributed by atoms with Crippen LogP contribution in [0.15, 0.2) is 11.9 Å². The minimum atomic E-state index is -0.0499. The van der Waals surface area contributed by atoms with Gasteiger partial charge in [-0.3, -0.25) is 0 Å². The van der Waals surface area contributed by atoms with E-state index in [4.69, 9.17) is 0 Å². The molecule has 54 valence electrons. The van der Waals surface area contributed by atoms with E-state index in [0.29, 0.717) is 0 Å². The van der Waals surface area contributed by atoms with E-state index in [9.17, 15) is 4.39 Å². The van der Waals surface area contributed by atoms with E-state index in [0.717, 1.165) is 12.8 Å². The van der Waals surface area contributed by atoms with Crippen LogP contribution in [-0.4, -0.2) is 0 Å². The van der Waals surface area contributed by atoms with Gasteiger partial charge in [-0.15, -0.1) is 0 Å². The van der Waals surface area contributed by atoms with Crippen molar-refractivity contribution in [2.24, 2.45) is 0 Å². The van der Waals surface area contributed by atoms with Crippen LogP contribution in [-0.2, 0) is 0 Å². The van der Waals surface area contributed by atoms with Crippen molar-refractivity contribution in [1.82, 2.24) is 0 Å². The first kappa shape index (κ1) is 8.67. The quantitative estimate of drug-likeness (QED) is 0.511. The summed E-state index contributed by atoms with van der Waals surface area (Å²) in [4.78, 5) is 0. The third kappa shape index (κ3) is 7.67. The van der Waals surface area contributed by atoms with E-state index in [1.54, 1.807) is 6.08 Å². The van der Waals surface area contributed by atoms with Crippen LogP contribution in [0.2, 0.25) is 0 Å². The molecule has 0 fully saturated rings. The Balaban J connectivity index is 3.00. The molecule has 1 heteroatoms. The van der Waals surface area contributed by atoms with Crippen molar-refractivity contribution in [3.8, 4) is 0 Å². The van der Waals surface area contributed by atoms with Gasteiger partial charge in [0.1, 0.15) is 0 Å². The maximum atomic E-state index is 12.0. The third-order valence-electron chi connectivity index (χ3n) is 1.23. The van der Waals surface area contributed by atoms with Gasteiger partial charge in [0, 0.05) is 0 Å². The van der Waals surface area contributed by atoms with E-state index in [1.165, 1.54) is 19.8 Å². The molecule has 0 aliphatic carbocycles. The molecule has 0 aromatic heterocycles. The second-order valence-corrected chi connectivity index (χ2v) is 2.29. The first-order chi connectivity index (χ1) is 4.27. The highest BCUT2D eigenvalue weighted by molar-refractivity contribution is 4.85. The van der Waals surface area contributed by atoms with E-state index in [-0.39, 0.29) is 5.83 Å². The van der Waals surface area contributed by atoms with Gasteiger partial charge in [0.25, 0.3) is 0 Å². The molecule has 0 unspecified atom stereocenters. The first-order valence-corrected chi connectivity index (χ1v) is 3.59. The predicted octanol–water partition coefficient (Wildman–Crippen LogP) is 3.44. The molecule has 0 nitrogen and oxygen atoms in total. The second kappa shape index (κ2) is 5.80. The lowest BCUT2D eigenvalue weighted by Gasteiger charge is -1.90. The number of rotatable bonds is 4. The molecule has 0 heterocycles. The summed E-state index contributed by atoms with van der Waals surface area (Å²) >= 11 is 0. The monoisotopic (exact) mass is 130 g/mol. The summed E-state index contributed by atoms with van der Waals surface area (Å²) < 4.78 is 12.0. The molecule has 9 heavy (non-hydrogen) atoms. The number of halogens is 1. The molecule has 0 spiro atoms. The molecular weight excluding hydrogens is 115 g/mol. The van der Waals surface area contributed by atoms with Crippen molar-refractivity contribution < 1.29 is 4.39 Å². The Morgan fingerprint density at radius 3 is 2.56 bits per heavy atom. The van der Waals surface area contributed by atoms with Crippen LogP contribution in [0.3, 0.4) is 0 Å². The maximum Gasteiger partial charge on any atom is 0.0928 e. The van der Waals surface area contributed by atoms with Crippen molar-refractivity contribution >= 4 is 0 Å². The average Bonchev–Trinajstić information content (AvgIpc) is 1.80. The lowest BCUT2D eigenvalue weighted by molar-refractivity contribution is 0.625. The summed E-state index contributed by atoms with van der Waals surface area (Å²) in [5.41, 5.74) is 0. The smallest absolute Gasteiger partial charge is 0.0928 e. The van der Waals surface area contributed by atoms with Gasteiger partial charge >= 0.3 is 0 Å². The van der Waals surface area contributed by atoms with Crippen molar-refractivity contribution in [2.45, 2.75) is 39.5 Å². The van der Waals surface area contributed by atoms with Crippen LogP contribution < -0.4 is 0 Å². The molecule has 0 amide bonds. The fraction of sp³-hybridized carbons (Fsp3) is 0.750. The van der Waals surface area contributed by atoms with Gasteiger partial charge in [-0.25, -0.2) is 4.39 Å². The Morgan fingerprint density at radius 2 is 2.11 bits per heavy atom. The molecule has 0 saturated heterocycles. The zero-order chi connectivity index (χ0) is 7.11. The normalized spacial score (nSPS) is 12.1. The van der Waals surface area contributed by atoms with Gasteiger partial charge in [-0.2, -0.15) is 0 Å². The van der Waals surface area contributed by atoms with Crippen LogP contribution in [0.5, 0.6) is 0 Å². The van der Waals surface area contributed by atoms with Crippen LogP contribution >= 0.6 is 0 Å². The van der Waals surface area contributed by atoms with Gasteiger partial charge < -0.3 is 0 Å². The van der Waals surface area contributed by atoms with Crippen molar-refractivity contribution in [2.75, 3.05) is 0 Å². The fourth-order valence-electron chi connectivity index (χ4n) is 0.695. The van der Waals surface area contributed by atoms with E-state index in [1.807, 2.05) is 0 Å². The molecule has 0 aromatic carbocycles. The van der Waals surface area contributed by atoms with Crippen molar-refractivity contribution in [1.29, 1.82) is 0 Å². The lowest BCUT2D eigenvalue weighted by Crippen LogP contribution is -1.71. The van der Waals surface area contributed by atoms with E-state index in [2.05, 4.69) is 6.92 Å². The lowest BCUT2D eigenvalue weighted by atomic mass is 10.2. The SMILES string of the molecule is CCCCCC=C(C)F. The standard InChI is InChI=1S/C8H15F/c1-3-4-5-6-7-8(2)9/h7H,3-6H2,1-2H3. The van der Waals surface area contributed by atoms with Crippen LogP contribution in [0.1, 0.15) is 39.5 Å². The number of unbranched alkanes of at least 4 members (excludes halogenated alkanes) is 3. The fourth-order valence-corrected chi connectivity index (χ4v) is 0.695. The molecule has 0 aliphatic rings. The zero-order valence-corrected chi connectivity index (χ0v) is 6.28. The third-order valence-corrected chi connectivity index (χ3v) is 1.23. The Bertz CT molecular complexity index is 80.6. The molecule has 0 radical (unpaired) electrons. The highest BCUT2D eigenvalue weighted by Crippen LogP contribution is 2.02. The van der Waals surface area contributed by atoms with Crippen molar-refractivity contribution in [3.05, 3.63) is 11.9 Å². The molecule has 0 saturated carbocycles. The highest BCUT2D eigenvalue weighted by Gasteiger charge is 1.83. The first-order valence-electron chi connectivity index (χ1n) is 3.59. The molecule has 0 rings (SSSR count). The summed E-state index contributed by atoms with van der Waals surface area (Å²) in [5.74, 6) is -0.0499. The Kier molecular flexibility index (Phi) is 5.59. The van der Waals surface area contributed by atoms with Gasteiger partial charge in [-0.1, -0.05) is 25.8 Å². The number of hydrogen-bond acceptors (Lipinski definition) is 0. The Hall–Kier alpha value is -0.330. The molecule has 0 aromatic rings. The maximum absolute atomic E-state index is 12.0. The van der Waals surface area contributed by atoms with Crippen LogP contribution in [0, 0.1) is 0 Å². The molecular formula is C8H15F. The summed E-state index contributed by atoms with van der Waals surface area (Å²) in [6.07, 6.45) is 6.09. The zero-order valence-electron chi connectivity index (χ0n) is 6.28. The predicted molar refractivity (Wildman–Crippen MR) is 39.0 cm³/mol. The summed E-state index contributed by atoms with van der Waals surface area (Å²) in [7, 11) is 0. The molecule has 0 bridgehead atoms. The molecule has 0 aliphatic heterocycles.